The Morgan fingerprint density at radius 1 is 1.18 bits per heavy atom. The zero-order valence-electron chi connectivity index (χ0n) is 15.4. The first-order valence-electron chi connectivity index (χ1n) is 8.39. The second kappa shape index (κ2) is 9.48. The summed E-state index contributed by atoms with van der Waals surface area (Å²) in [6.45, 7) is 0.235. The summed E-state index contributed by atoms with van der Waals surface area (Å²) in [5.74, 6) is 1.97. The molecular formula is C19H19ClN4O3S. The van der Waals surface area contributed by atoms with Gasteiger partial charge in [-0.25, -0.2) is 0 Å². The molecule has 0 fully saturated rings. The van der Waals surface area contributed by atoms with Gasteiger partial charge in [0, 0.05) is 17.8 Å². The highest BCUT2D eigenvalue weighted by Gasteiger charge is 2.13. The maximum atomic E-state index is 12.1. The van der Waals surface area contributed by atoms with Crippen LogP contribution in [0.25, 0.3) is 0 Å². The summed E-state index contributed by atoms with van der Waals surface area (Å²) in [7, 11) is 3.42. The van der Waals surface area contributed by atoms with E-state index in [9.17, 15) is 4.79 Å². The van der Waals surface area contributed by atoms with Crippen molar-refractivity contribution in [1.82, 2.24) is 14.8 Å². The van der Waals surface area contributed by atoms with Crippen LogP contribution < -0.4 is 14.8 Å². The van der Waals surface area contributed by atoms with E-state index in [1.54, 1.807) is 35.9 Å². The van der Waals surface area contributed by atoms with Crippen LogP contribution in [0.3, 0.4) is 0 Å². The van der Waals surface area contributed by atoms with Crippen LogP contribution in [-0.4, -0.2) is 33.5 Å². The molecule has 1 aromatic heterocycles. The van der Waals surface area contributed by atoms with Crippen LogP contribution in [0.5, 0.6) is 11.5 Å². The Balaban J connectivity index is 1.55. The van der Waals surface area contributed by atoms with Crippen molar-refractivity contribution < 1.29 is 14.3 Å². The van der Waals surface area contributed by atoms with Crippen molar-refractivity contribution in [3.8, 4) is 11.5 Å². The Morgan fingerprint density at radius 2 is 1.96 bits per heavy atom. The molecule has 0 aliphatic carbocycles. The Morgan fingerprint density at radius 3 is 2.71 bits per heavy atom. The number of amides is 1. The van der Waals surface area contributed by atoms with Gasteiger partial charge in [0.2, 0.25) is 5.91 Å². The number of hydrogen-bond donors (Lipinski definition) is 1. The summed E-state index contributed by atoms with van der Waals surface area (Å²) in [6.07, 6.45) is 0. The quantitative estimate of drug-likeness (QED) is 0.561. The fourth-order valence-electron chi connectivity index (χ4n) is 2.37. The third-order valence-electron chi connectivity index (χ3n) is 3.79. The SMILES string of the molecule is COc1ccccc1OCc1nnc(SCC(=O)Nc2cccc(Cl)c2)n1C. The molecule has 1 heterocycles. The molecule has 0 unspecified atom stereocenters. The van der Waals surface area contributed by atoms with E-state index in [2.05, 4.69) is 15.5 Å². The van der Waals surface area contributed by atoms with Gasteiger partial charge >= 0.3 is 0 Å². The van der Waals surface area contributed by atoms with Crippen molar-refractivity contribution in [1.29, 1.82) is 0 Å². The van der Waals surface area contributed by atoms with Crippen LogP contribution in [-0.2, 0) is 18.4 Å². The van der Waals surface area contributed by atoms with Crippen molar-refractivity contribution in [2.45, 2.75) is 11.8 Å². The van der Waals surface area contributed by atoms with E-state index in [0.717, 1.165) is 0 Å². The van der Waals surface area contributed by atoms with E-state index in [1.807, 2.05) is 31.3 Å². The number of nitrogens with zero attached hydrogens (tertiary/aromatic N) is 3. The normalized spacial score (nSPS) is 10.5. The minimum atomic E-state index is -0.151. The van der Waals surface area contributed by atoms with Gasteiger partial charge in [0.25, 0.3) is 0 Å². The summed E-state index contributed by atoms with van der Waals surface area (Å²) in [6, 6.07) is 14.4. The molecule has 0 saturated heterocycles. The lowest BCUT2D eigenvalue weighted by molar-refractivity contribution is -0.113. The van der Waals surface area contributed by atoms with Gasteiger partial charge in [0.05, 0.1) is 12.9 Å². The van der Waals surface area contributed by atoms with Crippen LogP contribution >= 0.6 is 23.4 Å². The second-order valence-corrected chi connectivity index (χ2v) is 7.12. The summed E-state index contributed by atoms with van der Waals surface area (Å²) >= 11 is 7.21. The van der Waals surface area contributed by atoms with Crippen molar-refractivity contribution in [3.63, 3.8) is 0 Å². The number of carbonyl (C=O) groups is 1. The number of nitrogens with one attached hydrogen (secondary N) is 1. The van der Waals surface area contributed by atoms with Crippen LogP contribution in [0.2, 0.25) is 5.02 Å². The molecule has 1 N–H and O–H groups in total. The van der Waals surface area contributed by atoms with Crippen LogP contribution in [0.15, 0.2) is 53.7 Å². The maximum absolute atomic E-state index is 12.1. The predicted octanol–water partition coefficient (Wildman–Crippen LogP) is 3.79. The lowest BCUT2D eigenvalue weighted by Gasteiger charge is -2.10. The molecule has 28 heavy (non-hydrogen) atoms. The minimum Gasteiger partial charge on any atom is -0.493 e. The molecule has 9 heteroatoms. The molecule has 0 atom stereocenters. The van der Waals surface area contributed by atoms with Crippen molar-refractivity contribution >= 4 is 35.0 Å². The van der Waals surface area contributed by atoms with Crippen LogP contribution in [0, 0.1) is 0 Å². The third kappa shape index (κ3) is 5.17. The molecule has 146 valence electrons. The van der Waals surface area contributed by atoms with Gasteiger partial charge in [-0.2, -0.15) is 0 Å². The molecule has 0 aliphatic heterocycles. The molecule has 7 nitrogen and oxygen atoms in total. The Labute approximate surface area is 172 Å². The number of anilines is 1. The van der Waals surface area contributed by atoms with E-state index < -0.39 is 0 Å². The lowest BCUT2D eigenvalue weighted by atomic mass is 10.3. The zero-order valence-corrected chi connectivity index (χ0v) is 17.0. The average molecular weight is 419 g/mol. The fourth-order valence-corrected chi connectivity index (χ4v) is 3.29. The van der Waals surface area contributed by atoms with E-state index in [4.69, 9.17) is 21.1 Å². The van der Waals surface area contributed by atoms with Crippen molar-refractivity contribution in [2.75, 3.05) is 18.2 Å². The summed E-state index contributed by atoms with van der Waals surface area (Å²) in [5, 5.41) is 12.3. The number of carbonyl (C=O) groups excluding carboxylic acids is 1. The molecule has 0 radical (unpaired) electrons. The van der Waals surface area contributed by atoms with Gasteiger partial charge < -0.3 is 19.4 Å². The first-order chi connectivity index (χ1) is 13.6. The number of halogens is 1. The molecular weight excluding hydrogens is 400 g/mol. The van der Waals surface area contributed by atoms with Gasteiger partial charge in [-0.15, -0.1) is 10.2 Å². The molecule has 0 aliphatic rings. The number of methoxy groups -OCH3 is 1. The first-order valence-corrected chi connectivity index (χ1v) is 9.75. The highest BCUT2D eigenvalue weighted by Crippen LogP contribution is 2.26. The van der Waals surface area contributed by atoms with Gasteiger partial charge in [-0.3, -0.25) is 4.79 Å². The number of para-hydroxylation sites is 2. The summed E-state index contributed by atoms with van der Waals surface area (Å²) in [5.41, 5.74) is 0.655. The smallest absolute Gasteiger partial charge is 0.234 e. The molecule has 3 rings (SSSR count). The Bertz CT molecular complexity index is 964. The Kier molecular flexibility index (Phi) is 6.78. The molecule has 2 aromatic carbocycles. The number of benzene rings is 2. The largest absolute Gasteiger partial charge is 0.493 e. The van der Waals surface area contributed by atoms with E-state index >= 15 is 0 Å². The number of hydrogen-bond acceptors (Lipinski definition) is 6. The number of rotatable bonds is 8. The number of ether oxygens (including phenoxy) is 2. The van der Waals surface area contributed by atoms with Gasteiger partial charge in [-0.05, 0) is 30.3 Å². The van der Waals surface area contributed by atoms with Crippen LogP contribution in [0.1, 0.15) is 5.82 Å². The topological polar surface area (TPSA) is 78.3 Å². The third-order valence-corrected chi connectivity index (χ3v) is 5.05. The predicted molar refractivity (Wildman–Crippen MR) is 109 cm³/mol. The Hall–Kier alpha value is -2.71. The molecule has 0 bridgehead atoms. The molecule has 0 saturated carbocycles. The van der Waals surface area contributed by atoms with Gasteiger partial charge in [-0.1, -0.05) is 41.6 Å². The van der Waals surface area contributed by atoms with Crippen molar-refractivity contribution in [3.05, 3.63) is 59.4 Å². The average Bonchev–Trinajstić information content (AvgIpc) is 3.04. The van der Waals surface area contributed by atoms with E-state index in [-0.39, 0.29) is 18.3 Å². The lowest BCUT2D eigenvalue weighted by Crippen LogP contribution is -2.14. The summed E-state index contributed by atoms with van der Waals surface area (Å²) in [4.78, 5) is 12.1. The standard InChI is InChI=1S/C19H19ClN4O3S/c1-24-17(11-27-16-9-4-3-8-15(16)26-2)22-23-19(24)28-12-18(25)21-14-7-5-6-13(20)10-14/h3-10H,11-12H2,1-2H3,(H,21,25). The van der Waals surface area contributed by atoms with Crippen LogP contribution in [0.4, 0.5) is 5.69 Å². The summed E-state index contributed by atoms with van der Waals surface area (Å²) < 4.78 is 12.8. The zero-order chi connectivity index (χ0) is 19.9. The highest BCUT2D eigenvalue weighted by atomic mass is 35.5. The second-order valence-electron chi connectivity index (χ2n) is 5.74. The first kappa shape index (κ1) is 20.0. The molecule has 1 amide bonds. The highest BCUT2D eigenvalue weighted by molar-refractivity contribution is 7.99. The van der Waals surface area contributed by atoms with Gasteiger partial charge in [0.1, 0.15) is 6.61 Å². The molecule has 3 aromatic rings. The monoisotopic (exact) mass is 418 g/mol. The maximum Gasteiger partial charge on any atom is 0.234 e. The number of aromatic nitrogens is 3. The van der Waals surface area contributed by atoms with Crippen molar-refractivity contribution in [2.24, 2.45) is 7.05 Å². The fraction of sp³-hybridized carbons (Fsp3) is 0.211. The van der Waals surface area contributed by atoms with E-state index in [0.29, 0.717) is 33.2 Å². The van der Waals surface area contributed by atoms with Gasteiger partial charge in [0.15, 0.2) is 22.5 Å². The molecule has 0 spiro atoms. The minimum absolute atomic E-state index is 0.151. The van der Waals surface area contributed by atoms with E-state index in [1.165, 1.54) is 11.8 Å². The number of thioether (sulfide) groups is 1.